The van der Waals surface area contributed by atoms with Crippen molar-refractivity contribution in [3.05, 3.63) is 0 Å². The van der Waals surface area contributed by atoms with Crippen LogP contribution in [0, 0.1) is 5.92 Å². The standard InChI is InChI=1S/C13H26N2.2ClH/c1-12-4-2-3-10-15(12)11-7-13-5-8-14-9-6-13;;/h12-14H,2-11H2,1H3;2*1H. The Bertz CT molecular complexity index is 184. The molecule has 2 aliphatic rings. The molecule has 2 heterocycles. The van der Waals surface area contributed by atoms with Crippen molar-refractivity contribution in [3.63, 3.8) is 0 Å². The second-order valence-corrected chi connectivity index (χ2v) is 5.36. The average molecular weight is 283 g/mol. The summed E-state index contributed by atoms with van der Waals surface area (Å²) in [6.45, 7) is 7.61. The van der Waals surface area contributed by atoms with Gasteiger partial charge in [-0.15, -0.1) is 24.8 Å². The fraction of sp³-hybridized carbons (Fsp3) is 1.00. The van der Waals surface area contributed by atoms with E-state index in [1.165, 1.54) is 64.7 Å². The molecule has 2 saturated heterocycles. The van der Waals surface area contributed by atoms with E-state index in [1.807, 2.05) is 0 Å². The molecule has 1 unspecified atom stereocenters. The molecular weight excluding hydrogens is 255 g/mol. The van der Waals surface area contributed by atoms with Gasteiger partial charge in [-0.3, -0.25) is 0 Å². The molecule has 0 saturated carbocycles. The summed E-state index contributed by atoms with van der Waals surface area (Å²) in [4.78, 5) is 2.71. The zero-order chi connectivity index (χ0) is 10.5. The van der Waals surface area contributed by atoms with Crippen molar-refractivity contribution in [2.45, 2.75) is 51.5 Å². The number of halogens is 2. The van der Waals surface area contributed by atoms with Crippen LogP contribution in [0.25, 0.3) is 0 Å². The third-order valence-electron chi connectivity index (χ3n) is 4.22. The van der Waals surface area contributed by atoms with Crippen molar-refractivity contribution in [2.24, 2.45) is 5.92 Å². The van der Waals surface area contributed by atoms with Gasteiger partial charge < -0.3 is 10.2 Å². The van der Waals surface area contributed by atoms with Crippen LogP contribution in [-0.2, 0) is 0 Å². The van der Waals surface area contributed by atoms with E-state index in [9.17, 15) is 0 Å². The van der Waals surface area contributed by atoms with Gasteiger partial charge in [0.2, 0.25) is 0 Å². The van der Waals surface area contributed by atoms with E-state index in [0.29, 0.717) is 0 Å². The second-order valence-electron chi connectivity index (χ2n) is 5.36. The molecule has 0 aromatic carbocycles. The van der Waals surface area contributed by atoms with Gasteiger partial charge >= 0.3 is 0 Å². The Morgan fingerprint density at radius 3 is 2.41 bits per heavy atom. The van der Waals surface area contributed by atoms with Crippen molar-refractivity contribution < 1.29 is 0 Å². The third kappa shape index (κ3) is 5.78. The number of likely N-dealkylation sites (tertiary alicyclic amines) is 1. The molecule has 2 fully saturated rings. The summed E-state index contributed by atoms with van der Waals surface area (Å²) >= 11 is 0. The van der Waals surface area contributed by atoms with Crippen LogP contribution in [0.4, 0.5) is 0 Å². The molecule has 0 radical (unpaired) electrons. The van der Waals surface area contributed by atoms with Crippen LogP contribution in [0.15, 0.2) is 0 Å². The monoisotopic (exact) mass is 282 g/mol. The molecule has 0 aliphatic carbocycles. The predicted molar refractivity (Wildman–Crippen MR) is 79.6 cm³/mol. The number of hydrogen-bond acceptors (Lipinski definition) is 2. The lowest BCUT2D eigenvalue weighted by Crippen LogP contribution is -2.39. The Hall–Kier alpha value is 0.500. The summed E-state index contributed by atoms with van der Waals surface area (Å²) in [6, 6.07) is 0.848. The lowest BCUT2D eigenvalue weighted by Gasteiger charge is -2.34. The van der Waals surface area contributed by atoms with E-state index >= 15 is 0 Å². The van der Waals surface area contributed by atoms with Crippen LogP contribution >= 0.6 is 24.8 Å². The van der Waals surface area contributed by atoms with E-state index in [-0.39, 0.29) is 24.8 Å². The highest BCUT2D eigenvalue weighted by atomic mass is 35.5. The van der Waals surface area contributed by atoms with Gasteiger partial charge in [-0.2, -0.15) is 0 Å². The number of piperidine rings is 2. The molecular formula is C13H28Cl2N2. The van der Waals surface area contributed by atoms with Gasteiger partial charge in [0, 0.05) is 6.04 Å². The Morgan fingerprint density at radius 1 is 1.06 bits per heavy atom. The van der Waals surface area contributed by atoms with Crippen LogP contribution in [0.1, 0.15) is 45.4 Å². The summed E-state index contributed by atoms with van der Waals surface area (Å²) in [5.41, 5.74) is 0. The average Bonchev–Trinajstić information content (AvgIpc) is 2.29. The summed E-state index contributed by atoms with van der Waals surface area (Å²) in [6.07, 6.45) is 8.55. The molecule has 1 atom stereocenters. The highest BCUT2D eigenvalue weighted by molar-refractivity contribution is 5.85. The van der Waals surface area contributed by atoms with E-state index in [1.54, 1.807) is 0 Å². The van der Waals surface area contributed by atoms with Crippen molar-refractivity contribution in [1.82, 2.24) is 10.2 Å². The van der Waals surface area contributed by atoms with Crippen LogP contribution in [0.5, 0.6) is 0 Å². The van der Waals surface area contributed by atoms with Crippen LogP contribution < -0.4 is 5.32 Å². The van der Waals surface area contributed by atoms with E-state index in [4.69, 9.17) is 0 Å². The fourth-order valence-electron chi connectivity index (χ4n) is 3.01. The highest BCUT2D eigenvalue weighted by Gasteiger charge is 2.20. The maximum atomic E-state index is 3.45. The van der Waals surface area contributed by atoms with Gasteiger partial charge in [-0.1, -0.05) is 6.42 Å². The topological polar surface area (TPSA) is 15.3 Å². The minimum Gasteiger partial charge on any atom is -0.317 e. The van der Waals surface area contributed by atoms with Crippen LogP contribution in [0.2, 0.25) is 0 Å². The summed E-state index contributed by atoms with van der Waals surface area (Å²) in [5.74, 6) is 1.00. The lowest BCUT2D eigenvalue weighted by atomic mass is 9.93. The molecule has 0 amide bonds. The van der Waals surface area contributed by atoms with Crippen molar-refractivity contribution in [1.29, 1.82) is 0 Å². The summed E-state index contributed by atoms with van der Waals surface area (Å²) in [5, 5.41) is 3.45. The Balaban J connectivity index is 0.00000128. The number of nitrogens with zero attached hydrogens (tertiary/aromatic N) is 1. The minimum absolute atomic E-state index is 0. The third-order valence-corrected chi connectivity index (χ3v) is 4.22. The molecule has 2 rings (SSSR count). The van der Waals surface area contributed by atoms with Crippen molar-refractivity contribution in [2.75, 3.05) is 26.2 Å². The molecule has 0 spiro atoms. The first kappa shape index (κ1) is 17.5. The van der Waals surface area contributed by atoms with Gasteiger partial charge in [0.15, 0.2) is 0 Å². The van der Waals surface area contributed by atoms with Crippen molar-refractivity contribution >= 4 is 24.8 Å². The van der Waals surface area contributed by atoms with Gasteiger partial charge in [-0.25, -0.2) is 0 Å². The van der Waals surface area contributed by atoms with E-state index in [2.05, 4.69) is 17.1 Å². The van der Waals surface area contributed by atoms with Crippen LogP contribution in [-0.4, -0.2) is 37.1 Å². The molecule has 1 N–H and O–H groups in total. The second kappa shape index (κ2) is 9.43. The molecule has 104 valence electrons. The summed E-state index contributed by atoms with van der Waals surface area (Å²) < 4.78 is 0. The molecule has 2 nitrogen and oxygen atoms in total. The zero-order valence-electron chi connectivity index (χ0n) is 11.0. The van der Waals surface area contributed by atoms with E-state index < -0.39 is 0 Å². The maximum absolute atomic E-state index is 3.45. The molecule has 2 aliphatic heterocycles. The fourth-order valence-corrected chi connectivity index (χ4v) is 3.01. The maximum Gasteiger partial charge on any atom is 0.00669 e. The Morgan fingerprint density at radius 2 is 1.76 bits per heavy atom. The zero-order valence-corrected chi connectivity index (χ0v) is 12.6. The normalized spacial score (nSPS) is 27.0. The number of hydrogen-bond donors (Lipinski definition) is 1. The highest BCUT2D eigenvalue weighted by Crippen LogP contribution is 2.20. The van der Waals surface area contributed by atoms with Crippen LogP contribution in [0.3, 0.4) is 0 Å². The predicted octanol–water partition coefficient (Wildman–Crippen LogP) is 3.09. The van der Waals surface area contributed by atoms with E-state index in [0.717, 1.165) is 12.0 Å². The van der Waals surface area contributed by atoms with Gasteiger partial charge in [-0.05, 0) is 71.1 Å². The van der Waals surface area contributed by atoms with Gasteiger partial charge in [0.05, 0.1) is 0 Å². The van der Waals surface area contributed by atoms with Crippen molar-refractivity contribution in [3.8, 4) is 0 Å². The molecule has 4 heteroatoms. The number of nitrogens with one attached hydrogen (secondary N) is 1. The molecule has 17 heavy (non-hydrogen) atoms. The van der Waals surface area contributed by atoms with Gasteiger partial charge in [0.25, 0.3) is 0 Å². The quantitative estimate of drug-likeness (QED) is 0.856. The Kier molecular flexibility index (Phi) is 9.71. The van der Waals surface area contributed by atoms with Gasteiger partial charge in [0.1, 0.15) is 0 Å². The molecule has 0 aromatic rings. The summed E-state index contributed by atoms with van der Waals surface area (Å²) in [7, 11) is 0. The first-order valence-corrected chi connectivity index (χ1v) is 6.81. The molecule has 0 bridgehead atoms. The SMILES string of the molecule is CC1CCCCN1CCC1CCNCC1.Cl.Cl. The largest absolute Gasteiger partial charge is 0.317 e. The first-order chi connectivity index (χ1) is 7.36. The first-order valence-electron chi connectivity index (χ1n) is 6.81. The molecule has 0 aromatic heterocycles. The number of rotatable bonds is 3. The lowest BCUT2D eigenvalue weighted by molar-refractivity contribution is 0.146. The smallest absolute Gasteiger partial charge is 0.00669 e. The minimum atomic E-state index is 0. The Labute approximate surface area is 119 Å².